The lowest BCUT2D eigenvalue weighted by Crippen LogP contribution is -2.19. The highest BCUT2D eigenvalue weighted by atomic mass is 35.5. The fourth-order valence-corrected chi connectivity index (χ4v) is 3.13. The Hall–Kier alpha value is -3.10. The zero-order valence-corrected chi connectivity index (χ0v) is 17.0. The molecule has 0 aliphatic rings. The zero-order valence-electron chi connectivity index (χ0n) is 16.2. The van der Waals surface area contributed by atoms with Crippen molar-refractivity contribution in [3.8, 4) is 11.6 Å². The molecule has 0 saturated heterocycles. The van der Waals surface area contributed by atoms with Crippen LogP contribution in [0.4, 0.5) is 13.2 Å². The fraction of sp³-hybridized carbons (Fsp3) is 0.182. The van der Waals surface area contributed by atoms with Crippen molar-refractivity contribution in [2.75, 3.05) is 6.54 Å². The summed E-state index contributed by atoms with van der Waals surface area (Å²) in [5, 5.41) is 3.39. The molecule has 0 aliphatic heterocycles. The summed E-state index contributed by atoms with van der Waals surface area (Å²) in [5.41, 5.74) is 5.89. The van der Waals surface area contributed by atoms with Crippen molar-refractivity contribution in [3.63, 3.8) is 0 Å². The molecule has 1 aromatic heterocycles. The molecule has 3 N–H and O–H groups in total. The van der Waals surface area contributed by atoms with Crippen LogP contribution in [-0.4, -0.2) is 17.4 Å². The number of alkyl halides is 3. The minimum Gasteiger partial charge on any atom is -0.437 e. The molecule has 1 heterocycles. The third-order valence-electron chi connectivity index (χ3n) is 4.46. The monoisotopic (exact) mass is 449 g/mol. The number of aromatic nitrogens is 1. The number of hydrogen-bond acceptors (Lipinski definition) is 4. The topological polar surface area (TPSA) is 77.2 Å². The van der Waals surface area contributed by atoms with Crippen LogP contribution >= 0.6 is 11.6 Å². The highest BCUT2D eigenvalue weighted by Gasteiger charge is 2.32. The summed E-state index contributed by atoms with van der Waals surface area (Å²) in [6.45, 7) is 0.580. The van der Waals surface area contributed by atoms with Crippen molar-refractivity contribution in [3.05, 3.63) is 88.1 Å². The second kappa shape index (κ2) is 9.80. The van der Waals surface area contributed by atoms with Gasteiger partial charge < -0.3 is 15.8 Å². The average molecular weight is 450 g/mol. The fourth-order valence-electron chi connectivity index (χ4n) is 2.89. The van der Waals surface area contributed by atoms with Crippen molar-refractivity contribution >= 4 is 17.5 Å². The molecule has 3 aromatic rings. The van der Waals surface area contributed by atoms with E-state index in [9.17, 15) is 18.0 Å². The number of nitrogens with two attached hydrogens (primary N) is 1. The van der Waals surface area contributed by atoms with E-state index < -0.39 is 17.6 Å². The maximum Gasteiger partial charge on any atom is 0.416 e. The molecular formula is C22H19ClF3N3O2. The second-order valence-corrected chi connectivity index (χ2v) is 7.11. The molecule has 0 bridgehead atoms. The van der Waals surface area contributed by atoms with Gasteiger partial charge in [-0.25, -0.2) is 4.98 Å². The number of carbonyl (C=O) groups is 1. The van der Waals surface area contributed by atoms with Gasteiger partial charge in [-0.3, -0.25) is 4.79 Å². The van der Waals surface area contributed by atoms with Gasteiger partial charge in [0.15, 0.2) is 0 Å². The zero-order chi connectivity index (χ0) is 22.4. The van der Waals surface area contributed by atoms with Crippen molar-refractivity contribution in [1.82, 2.24) is 10.3 Å². The number of pyridine rings is 1. The predicted molar refractivity (Wildman–Crippen MR) is 111 cm³/mol. The van der Waals surface area contributed by atoms with Gasteiger partial charge in [0.2, 0.25) is 11.8 Å². The number of nitrogens with zero attached hydrogens (tertiary/aromatic N) is 1. The first-order valence-electron chi connectivity index (χ1n) is 9.32. The van der Waals surface area contributed by atoms with Crippen molar-refractivity contribution in [2.24, 2.45) is 5.73 Å². The first-order chi connectivity index (χ1) is 14.7. The largest absolute Gasteiger partial charge is 0.437 e. The lowest BCUT2D eigenvalue weighted by atomic mass is 10.1. The Bertz CT molecular complexity index is 1060. The number of nitrogens with one attached hydrogen (secondary N) is 1. The standard InChI is InChI=1S/C22H19ClF3N3O2/c23-18-11-14(5-7-19(18)31-20-8-6-16(13-29-20)21(27)30)9-10-28-12-15-3-1-2-4-17(15)22(24,25)26/h1-8,11,13,28H,9-10,12H2,(H2,27,30). The molecule has 162 valence electrons. The highest BCUT2D eigenvalue weighted by molar-refractivity contribution is 6.32. The number of rotatable bonds is 8. The summed E-state index contributed by atoms with van der Waals surface area (Å²) in [6, 6.07) is 13.7. The van der Waals surface area contributed by atoms with Gasteiger partial charge in [-0.1, -0.05) is 35.9 Å². The normalized spacial score (nSPS) is 11.4. The first-order valence-corrected chi connectivity index (χ1v) is 9.70. The second-order valence-electron chi connectivity index (χ2n) is 6.70. The van der Waals surface area contributed by atoms with E-state index >= 15 is 0 Å². The number of carbonyl (C=O) groups excluding carboxylic acids is 1. The van der Waals surface area contributed by atoms with E-state index in [2.05, 4.69) is 10.3 Å². The van der Waals surface area contributed by atoms with Crippen LogP contribution in [0.15, 0.2) is 60.8 Å². The quantitative estimate of drug-likeness (QED) is 0.476. The average Bonchev–Trinajstić information content (AvgIpc) is 2.73. The van der Waals surface area contributed by atoms with Crippen molar-refractivity contribution in [2.45, 2.75) is 19.1 Å². The third kappa shape index (κ3) is 6.19. The van der Waals surface area contributed by atoms with Crippen molar-refractivity contribution in [1.29, 1.82) is 0 Å². The molecule has 2 aromatic carbocycles. The number of halogens is 4. The lowest BCUT2D eigenvalue weighted by molar-refractivity contribution is -0.138. The molecule has 0 fully saturated rings. The Morgan fingerprint density at radius 2 is 1.90 bits per heavy atom. The molecule has 0 saturated carbocycles. The molecule has 31 heavy (non-hydrogen) atoms. The molecule has 0 atom stereocenters. The van der Waals surface area contributed by atoms with Crippen LogP contribution in [0.1, 0.15) is 27.0 Å². The molecule has 3 rings (SSSR count). The molecular weight excluding hydrogens is 431 g/mol. The summed E-state index contributed by atoms with van der Waals surface area (Å²) in [6.07, 6.45) is -2.50. The Morgan fingerprint density at radius 1 is 1.13 bits per heavy atom. The molecule has 0 spiro atoms. The third-order valence-corrected chi connectivity index (χ3v) is 4.76. The molecule has 0 unspecified atom stereocenters. The summed E-state index contributed by atoms with van der Waals surface area (Å²) in [4.78, 5) is 15.1. The lowest BCUT2D eigenvalue weighted by Gasteiger charge is -2.13. The smallest absolute Gasteiger partial charge is 0.416 e. The van der Waals surface area contributed by atoms with E-state index in [0.717, 1.165) is 11.6 Å². The van der Waals surface area contributed by atoms with Crippen LogP contribution in [0.25, 0.3) is 0 Å². The minimum absolute atomic E-state index is 0.109. The maximum atomic E-state index is 13.0. The number of ether oxygens (including phenoxy) is 1. The molecule has 1 amide bonds. The predicted octanol–water partition coefficient (Wildman–Crippen LogP) is 4.98. The van der Waals surface area contributed by atoms with Gasteiger partial charge >= 0.3 is 6.18 Å². The van der Waals surface area contributed by atoms with Crippen molar-refractivity contribution < 1.29 is 22.7 Å². The summed E-state index contributed by atoms with van der Waals surface area (Å²) in [7, 11) is 0. The van der Waals surface area contributed by atoms with Gasteiger partial charge in [0.1, 0.15) is 5.75 Å². The van der Waals surface area contributed by atoms with Crippen LogP contribution < -0.4 is 15.8 Å². The van der Waals surface area contributed by atoms with E-state index in [1.54, 1.807) is 18.2 Å². The number of benzene rings is 2. The Balaban J connectivity index is 1.55. The van der Waals surface area contributed by atoms with Gasteiger partial charge in [-0.15, -0.1) is 0 Å². The van der Waals surface area contributed by atoms with E-state index in [1.165, 1.54) is 30.5 Å². The first kappa shape index (κ1) is 22.6. The van der Waals surface area contributed by atoms with Crippen LogP contribution in [0.3, 0.4) is 0 Å². The summed E-state index contributed by atoms with van der Waals surface area (Å²) < 4.78 is 44.7. The number of primary amides is 1. The summed E-state index contributed by atoms with van der Waals surface area (Å²) >= 11 is 6.27. The van der Waals surface area contributed by atoms with Gasteiger partial charge in [0.25, 0.3) is 0 Å². The highest BCUT2D eigenvalue weighted by Crippen LogP contribution is 2.32. The Labute approximate surface area is 182 Å². The number of hydrogen-bond donors (Lipinski definition) is 2. The van der Waals surface area contributed by atoms with Crippen LogP contribution in [0.2, 0.25) is 5.02 Å². The molecule has 5 nitrogen and oxygen atoms in total. The molecule has 0 radical (unpaired) electrons. The Morgan fingerprint density at radius 3 is 2.55 bits per heavy atom. The number of amides is 1. The molecule has 9 heteroatoms. The van der Waals surface area contributed by atoms with E-state index in [1.807, 2.05) is 6.07 Å². The van der Waals surface area contributed by atoms with Gasteiger partial charge in [0.05, 0.1) is 16.1 Å². The van der Waals surface area contributed by atoms with Crippen LogP contribution in [0, 0.1) is 0 Å². The van der Waals surface area contributed by atoms with E-state index in [0.29, 0.717) is 23.7 Å². The van der Waals surface area contributed by atoms with E-state index in [-0.39, 0.29) is 23.6 Å². The van der Waals surface area contributed by atoms with Gasteiger partial charge in [-0.05, 0) is 48.4 Å². The van der Waals surface area contributed by atoms with Crippen LogP contribution in [0.5, 0.6) is 11.6 Å². The van der Waals surface area contributed by atoms with E-state index in [4.69, 9.17) is 22.1 Å². The molecule has 0 aliphatic carbocycles. The SMILES string of the molecule is NC(=O)c1ccc(Oc2ccc(CCNCc3ccccc3C(F)(F)F)cc2Cl)nc1. The maximum absolute atomic E-state index is 13.0. The summed E-state index contributed by atoms with van der Waals surface area (Å²) in [5.74, 6) is 0.0541. The Kier molecular flexibility index (Phi) is 7.14. The van der Waals surface area contributed by atoms with Gasteiger partial charge in [0, 0.05) is 18.8 Å². The van der Waals surface area contributed by atoms with Gasteiger partial charge in [-0.2, -0.15) is 13.2 Å². The van der Waals surface area contributed by atoms with Crippen LogP contribution in [-0.2, 0) is 19.1 Å². The minimum atomic E-state index is -4.38.